The zero-order valence-electron chi connectivity index (χ0n) is 9.84. The minimum Gasteiger partial charge on any atom is -0.461 e. The average Bonchev–Trinajstić information content (AvgIpc) is 2.89. The molecule has 0 saturated heterocycles. The first-order valence-electron chi connectivity index (χ1n) is 5.44. The number of esters is 1. The Kier molecular flexibility index (Phi) is 3.58. The molecule has 0 aliphatic heterocycles. The number of hydrogen-bond donors (Lipinski definition) is 0. The van der Waals surface area contributed by atoms with Crippen molar-refractivity contribution in [1.82, 2.24) is 9.55 Å². The van der Waals surface area contributed by atoms with E-state index in [1.165, 1.54) is 0 Å². The van der Waals surface area contributed by atoms with Crippen LogP contribution in [0.25, 0.3) is 0 Å². The van der Waals surface area contributed by atoms with E-state index in [4.69, 9.17) is 4.74 Å². The van der Waals surface area contributed by atoms with Gasteiger partial charge in [0, 0.05) is 17.3 Å². The zero-order valence-corrected chi connectivity index (χ0v) is 10.7. The molecule has 0 N–H and O–H groups in total. The lowest BCUT2D eigenvalue weighted by atomic mass is 10.4. The third-order valence-electron chi connectivity index (χ3n) is 2.29. The fraction of sp³-hybridized carbons (Fsp3) is 0.333. The Morgan fingerprint density at radius 3 is 3.06 bits per heavy atom. The molecular formula is C12H14N2O2S. The summed E-state index contributed by atoms with van der Waals surface area (Å²) in [6.45, 7) is 4.76. The van der Waals surface area contributed by atoms with E-state index in [1.54, 1.807) is 24.3 Å². The van der Waals surface area contributed by atoms with Crippen molar-refractivity contribution in [3.63, 3.8) is 0 Å². The van der Waals surface area contributed by atoms with E-state index in [9.17, 15) is 4.79 Å². The third-order valence-corrected chi connectivity index (χ3v) is 3.24. The summed E-state index contributed by atoms with van der Waals surface area (Å²) in [6, 6.07) is 3.60. The van der Waals surface area contributed by atoms with Gasteiger partial charge in [-0.25, -0.2) is 9.78 Å². The van der Waals surface area contributed by atoms with Gasteiger partial charge in [-0.05, 0) is 26.0 Å². The van der Waals surface area contributed by atoms with Gasteiger partial charge in [-0.2, -0.15) is 0 Å². The van der Waals surface area contributed by atoms with Crippen molar-refractivity contribution in [3.05, 3.63) is 40.1 Å². The molecule has 0 bridgehead atoms. The van der Waals surface area contributed by atoms with Crippen molar-refractivity contribution < 1.29 is 9.53 Å². The van der Waals surface area contributed by atoms with Gasteiger partial charge in [-0.1, -0.05) is 0 Å². The van der Waals surface area contributed by atoms with Crippen LogP contribution < -0.4 is 0 Å². The summed E-state index contributed by atoms with van der Waals surface area (Å²) in [5, 5.41) is 2.99. The Morgan fingerprint density at radius 1 is 1.59 bits per heavy atom. The van der Waals surface area contributed by atoms with Crippen LogP contribution in [0.3, 0.4) is 0 Å². The number of thiazole rings is 1. The van der Waals surface area contributed by atoms with E-state index < -0.39 is 0 Å². The zero-order chi connectivity index (χ0) is 12.3. The Bertz CT molecular complexity index is 516. The summed E-state index contributed by atoms with van der Waals surface area (Å²) in [5.74, 6) is -0.286. The minimum absolute atomic E-state index is 0.286. The second-order valence-corrected chi connectivity index (χ2v) is 4.57. The molecule has 0 aliphatic carbocycles. The number of carbonyl (C=O) groups is 1. The van der Waals surface area contributed by atoms with Crippen LogP contribution in [0.1, 0.15) is 28.1 Å². The molecule has 4 nitrogen and oxygen atoms in total. The Balaban J connectivity index is 2.16. The first-order chi connectivity index (χ1) is 8.20. The molecule has 2 aromatic rings. The summed E-state index contributed by atoms with van der Waals surface area (Å²) in [7, 11) is 0. The van der Waals surface area contributed by atoms with Crippen LogP contribution in [0, 0.1) is 6.92 Å². The van der Waals surface area contributed by atoms with E-state index in [0.717, 1.165) is 10.7 Å². The summed E-state index contributed by atoms with van der Waals surface area (Å²) in [6.07, 6.45) is 1.86. The van der Waals surface area contributed by atoms with Gasteiger partial charge in [0.15, 0.2) is 0 Å². The molecule has 0 amide bonds. The van der Waals surface area contributed by atoms with E-state index >= 15 is 0 Å². The van der Waals surface area contributed by atoms with E-state index in [0.29, 0.717) is 18.8 Å². The number of nitrogens with zero attached hydrogens (tertiary/aromatic N) is 2. The highest BCUT2D eigenvalue weighted by Crippen LogP contribution is 2.13. The van der Waals surface area contributed by atoms with Gasteiger partial charge in [-0.15, -0.1) is 11.3 Å². The van der Waals surface area contributed by atoms with Crippen LogP contribution in [-0.4, -0.2) is 22.1 Å². The molecule has 5 heteroatoms. The van der Waals surface area contributed by atoms with Crippen LogP contribution in [0.15, 0.2) is 23.7 Å². The molecule has 0 aromatic carbocycles. The van der Waals surface area contributed by atoms with Crippen molar-refractivity contribution in [2.45, 2.75) is 20.4 Å². The molecule has 2 heterocycles. The van der Waals surface area contributed by atoms with Gasteiger partial charge in [-0.3, -0.25) is 0 Å². The topological polar surface area (TPSA) is 44.1 Å². The molecule has 0 fully saturated rings. The molecule has 0 radical (unpaired) electrons. The summed E-state index contributed by atoms with van der Waals surface area (Å²) in [5.41, 5.74) is 1.58. The predicted octanol–water partition coefficient (Wildman–Crippen LogP) is 2.48. The number of aromatic nitrogens is 2. The largest absolute Gasteiger partial charge is 0.461 e. The van der Waals surface area contributed by atoms with Crippen LogP contribution in [0.4, 0.5) is 0 Å². The second-order valence-electron chi connectivity index (χ2n) is 3.62. The smallest absolute Gasteiger partial charge is 0.354 e. The molecule has 0 spiro atoms. The minimum atomic E-state index is -0.286. The molecule has 90 valence electrons. The highest BCUT2D eigenvalue weighted by molar-refractivity contribution is 7.09. The van der Waals surface area contributed by atoms with E-state index in [-0.39, 0.29) is 5.97 Å². The van der Waals surface area contributed by atoms with Crippen LogP contribution in [-0.2, 0) is 11.3 Å². The first kappa shape index (κ1) is 11.9. The maximum absolute atomic E-state index is 11.7. The van der Waals surface area contributed by atoms with Crippen molar-refractivity contribution in [2.24, 2.45) is 0 Å². The van der Waals surface area contributed by atoms with Gasteiger partial charge >= 0.3 is 5.97 Å². The number of rotatable bonds is 4. The molecule has 17 heavy (non-hydrogen) atoms. The molecule has 0 unspecified atom stereocenters. The lowest BCUT2D eigenvalue weighted by Gasteiger charge is -2.06. The summed E-state index contributed by atoms with van der Waals surface area (Å²) >= 11 is 1.60. The van der Waals surface area contributed by atoms with Crippen molar-refractivity contribution in [2.75, 3.05) is 6.61 Å². The average molecular weight is 250 g/mol. The van der Waals surface area contributed by atoms with Gasteiger partial charge in [0.25, 0.3) is 0 Å². The van der Waals surface area contributed by atoms with E-state index in [2.05, 4.69) is 4.98 Å². The van der Waals surface area contributed by atoms with Crippen molar-refractivity contribution in [3.8, 4) is 0 Å². The monoisotopic (exact) mass is 250 g/mol. The maximum atomic E-state index is 11.7. The number of hydrogen-bond acceptors (Lipinski definition) is 4. The van der Waals surface area contributed by atoms with Crippen LogP contribution in [0.5, 0.6) is 0 Å². The standard InChI is InChI=1S/C12H14N2O2S/c1-3-16-12(15)10-5-4-6-14(10)7-11-13-9(2)8-17-11/h4-6,8H,3,7H2,1-2H3. The predicted molar refractivity (Wildman–Crippen MR) is 66.3 cm³/mol. The SMILES string of the molecule is CCOC(=O)c1cccn1Cc1nc(C)cs1. The van der Waals surface area contributed by atoms with Crippen molar-refractivity contribution in [1.29, 1.82) is 0 Å². The Morgan fingerprint density at radius 2 is 2.41 bits per heavy atom. The molecule has 2 rings (SSSR count). The van der Waals surface area contributed by atoms with Crippen molar-refractivity contribution >= 4 is 17.3 Å². The lowest BCUT2D eigenvalue weighted by molar-refractivity contribution is 0.0514. The first-order valence-corrected chi connectivity index (χ1v) is 6.32. The van der Waals surface area contributed by atoms with Gasteiger partial charge in [0.05, 0.1) is 13.2 Å². The van der Waals surface area contributed by atoms with E-state index in [1.807, 2.05) is 29.1 Å². The maximum Gasteiger partial charge on any atom is 0.354 e. The Labute approximate surface area is 104 Å². The van der Waals surface area contributed by atoms with Gasteiger partial charge in [0.2, 0.25) is 0 Å². The third kappa shape index (κ3) is 2.74. The van der Waals surface area contributed by atoms with Gasteiger partial charge in [0.1, 0.15) is 10.7 Å². The second kappa shape index (κ2) is 5.14. The normalized spacial score (nSPS) is 10.5. The highest BCUT2D eigenvalue weighted by atomic mass is 32.1. The summed E-state index contributed by atoms with van der Waals surface area (Å²) in [4.78, 5) is 16.0. The number of aryl methyl sites for hydroxylation is 1. The van der Waals surface area contributed by atoms with Gasteiger partial charge < -0.3 is 9.30 Å². The van der Waals surface area contributed by atoms with Crippen LogP contribution >= 0.6 is 11.3 Å². The quantitative estimate of drug-likeness (QED) is 0.783. The molecule has 0 aliphatic rings. The molecule has 0 saturated carbocycles. The van der Waals surface area contributed by atoms with Crippen LogP contribution in [0.2, 0.25) is 0 Å². The fourth-order valence-corrected chi connectivity index (χ4v) is 2.33. The molecule has 2 aromatic heterocycles. The summed E-state index contributed by atoms with van der Waals surface area (Å²) < 4.78 is 6.85. The Hall–Kier alpha value is -1.62. The fourth-order valence-electron chi connectivity index (χ4n) is 1.56. The lowest BCUT2D eigenvalue weighted by Crippen LogP contribution is -2.12. The number of ether oxygens (including phenoxy) is 1. The molecular weight excluding hydrogens is 236 g/mol. The highest BCUT2D eigenvalue weighted by Gasteiger charge is 2.12. The number of carbonyl (C=O) groups excluding carboxylic acids is 1. The molecule has 0 atom stereocenters.